The third kappa shape index (κ3) is 3.62. The van der Waals surface area contributed by atoms with E-state index in [4.69, 9.17) is 9.84 Å². The highest BCUT2D eigenvalue weighted by Crippen LogP contribution is 2.33. The Hall–Kier alpha value is -2.30. The molecular formula is C16H19NO4. The molecule has 2 rings (SSSR count). The first kappa shape index (κ1) is 15.1. The molecule has 5 nitrogen and oxygen atoms in total. The smallest absolute Gasteiger partial charge is 0.326 e. The van der Waals surface area contributed by atoms with Crippen molar-refractivity contribution in [2.75, 3.05) is 7.11 Å². The topological polar surface area (TPSA) is 75.6 Å². The summed E-state index contributed by atoms with van der Waals surface area (Å²) >= 11 is 0. The monoisotopic (exact) mass is 289 g/mol. The van der Waals surface area contributed by atoms with Gasteiger partial charge in [-0.05, 0) is 48.9 Å². The van der Waals surface area contributed by atoms with Crippen molar-refractivity contribution in [3.05, 3.63) is 42.0 Å². The molecule has 0 aliphatic heterocycles. The minimum atomic E-state index is -0.981. The van der Waals surface area contributed by atoms with Gasteiger partial charge in [-0.3, -0.25) is 4.79 Å². The second-order valence-corrected chi connectivity index (χ2v) is 5.15. The van der Waals surface area contributed by atoms with Crippen LogP contribution in [0.3, 0.4) is 0 Å². The molecule has 1 aromatic rings. The molecule has 1 saturated carbocycles. The number of carboxylic acid groups (broad SMARTS) is 1. The largest absolute Gasteiger partial charge is 0.496 e. The van der Waals surface area contributed by atoms with Crippen molar-refractivity contribution in [1.29, 1.82) is 0 Å². The number of hydrogen-bond acceptors (Lipinski definition) is 3. The first-order valence-corrected chi connectivity index (χ1v) is 6.88. The van der Waals surface area contributed by atoms with Crippen LogP contribution in [0.25, 0.3) is 0 Å². The SMILES string of the molecule is C=CCc1cc(C(=O)N[C@H](C(=O)O)C2CC2)ccc1OC. The lowest BCUT2D eigenvalue weighted by atomic mass is 10.1. The number of carboxylic acids is 1. The summed E-state index contributed by atoms with van der Waals surface area (Å²) in [5.41, 5.74) is 1.28. The number of ether oxygens (including phenoxy) is 1. The van der Waals surface area contributed by atoms with Crippen LogP contribution in [0.4, 0.5) is 0 Å². The van der Waals surface area contributed by atoms with E-state index in [-0.39, 0.29) is 11.8 Å². The van der Waals surface area contributed by atoms with Crippen LogP contribution in [0, 0.1) is 5.92 Å². The fraction of sp³-hybridized carbons (Fsp3) is 0.375. The predicted molar refractivity (Wildman–Crippen MR) is 78.5 cm³/mol. The fourth-order valence-corrected chi connectivity index (χ4v) is 2.27. The number of allylic oxidation sites excluding steroid dienone is 1. The van der Waals surface area contributed by atoms with E-state index < -0.39 is 12.0 Å². The van der Waals surface area contributed by atoms with Crippen LogP contribution in [0.2, 0.25) is 0 Å². The molecule has 1 amide bonds. The summed E-state index contributed by atoms with van der Waals surface area (Å²) < 4.78 is 5.23. The standard InChI is InChI=1S/C16H19NO4/c1-3-4-11-9-12(7-8-13(11)21-2)15(18)17-14(16(19)20)10-5-6-10/h3,7-10,14H,1,4-6H2,2H3,(H,17,18)(H,19,20)/t14-/m0/s1. The molecule has 0 aromatic heterocycles. The zero-order valence-corrected chi connectivity index (χ0v) is 12.0. The number of carbonyl (C=O) groups is 2. The summed E-state index contributed by atoms with van der Waals surface area (Å²) in [4.78, 5) is 23.4. The van der Waals surface area contributed by atoms with Gasteiger partial charge in [0, 0.05) is 5.56 Å². The van der Waals surface area contributed by atoms with Gasteiger partial charge in [0.25, 0.3) is 5.91 Å². The lowest BCUT2D eigenvalue weighted by Gasteiger charge is -2.14. The number of hydrogen-bond donors (Lipinski definition) is 2. The second-order valence-electron chi connectivity index (χ2n) is 5.15. The number of methoxy groups -OCH3 is 1. The third-order valence-electron chi connectivity index (χ3n) is 3.55. The third-order valence-corrected chi connectivity index (χ3v) is 3.55. The van der Waals surface area contributed by atoms with Gasteiger partial charge in [0.1, 0.15) is 11.8 Å². The molecule has 0 saturated heterocycles. The van der Waals surface area contributed by atoms with Crippen LogP contribution in [0.5, 0.6) is 5.75 Å². The van der Waals surface area contributed by atoms with Crippen molar-refractivity contribution in [1.82, 2.24) is 5.32 Å². The summed E-state index contributed by atoms with van der Waals surface area (Å²) in [5, 5.41) is 11.7. The van der Waals surface area contributed by atoms with E-state index >= 15 is 0 Å². The van der Waals surface area contributed by atoms with Gasteiger partial charge in [-0.25, -0.2) is 4.79 Å². The molecule has 0 unspecified atom stereocenters. The molecule has 0 spiro atoms. The number of rotatable bonds is 7. The molecular weight excluding hydrogens is 270 g/mol. The molecule has 5 heteroatoms. The van der Waals surface area contributed by atoms with Crippen LogP contribution < -0.4 is 10.1 Å². The second kappa shape index (κ2) is 6.43. The minimum Gasteiger partial charge on any atom is -0.496 e. The van der Waals surface area contributed by atoms with E-state index in [9.17, 15) is 9.59 Å². The lowest BCUT2D eigenvalue weighted by Crippen LogP contribution is -2.42. The molecule has 0 radical (unpaired) electrons. The van der Waals surface area contributed by atoms with Gasteiger partial charge in [0.05, 0.1) is 7.11 Å². The summed E-state index contributed by atoms with van der Waals surface area (Å²) in [7, 11) is 1.56. The number of nitrogens with one attached hydrogen (secondary N) is 1. The van der Waals surface area contributed by atoms with E-state index in [1.165, 1.54) is 0 Å². The maximum atomic E-state index is 12.2. The normalized spacial score (nSPS) is 15.1. The van der Waals surface area contributed by atoms with Gasteiger partial charge >= 0.3 is 5.97 Å². The fourth-order valence-electron chi connectivity index (χ4n) is 2.27. The number of aliphatic carboxylic acids is 1. The molecule has 0 bridgehead atoms. The van der Waals surface area contributed by atoms with Gasteiger partial charge < -0.3 is 15.2 Å². The highest BCUT2D eigenvalue weighted by atomic mass is 16.5. The van der Waals surface area contributed by atoms with E-state index in [2.05, 4.69) is 11.9 Å². The zero-order chi connectivity index (χ0) is 15.4. The Morgan fingerprint density at radius 2 is 2.24 bits per heavy atom. The Balaban J connectivity index is 2.16. The Labute approximate surface area is 123 Å². The van der Waals surface area contributed by atoms with Crippen LogP contribution in [-0.4, -0.2) is 30.1 Å². The van der Waals surface area contributed by atoms with E-state index in [0.29, 0.717) is 17.7 Å². The van der Waals surface area contributed by atoms with Gasteiger partial charge in [-0.15, -0.1) is 6.58 Å². The highest BCUT2D eigenvalue weighted by molar-refractivity contribution is 5.97. The number of benzene rings is 1. The van der Waals surface area contributed by atoms with Gasteiger partial charge in [0.2, 0.25) is 0 Å². The Bertz CT molecular complexity index is 563. The summed E-state index contributed by atoms with van der Waals surface area (Å²) in [5.74, 6) is -0.617. The molecule has 21 heavy (non-hydrogen) atoms. The molecule has 2 N–H and O–H groups in total. The summed E-state index contributed by atoms with van der Waals surface area (Å²) in [6.07, 6.45) is 4.00. The predicted octanol–water partition coefficient (Wildman–Crippen LogP) is 2.02. The average molecular weight is 289 g/mol. The molecule has 0 heterocycles. The van der Waals surface area contributed by atoms with Crippen molar-refractivity contribution in [3.63, 3.8) is 0 Å². The van der Waals surface area contributed by atoms with E-state index in [0.717, 1.165) is 18.4 Å². The maximum Gasteiger partial charge on any atom is 0.326 e. The first-order valence-electron chi connectivity index (χ1n) is 6.88. The Morgan fingerprint density at radius 1 is 1.52 bits per heavy atom. The quantitative estimate of drug-likeness (QED) is 0.753. The van der Waals surface area contributed by atoms with Gasteiger partial charge in [-0.2, -0.15) is 0 Å². The van der Waals surface area contributed by atoms with Crippen LogP contribution in [-0.2, 0) is 11.2 Å². The highest BCUT2D eigenvalue weighted by Gasteiger charge is 2.37. The average Bonchev–Trinajstić information content (AvgIpc) is 3.29. The van der Waals surface area contributed by atoms with Crippen molar-refractivity contribution >= 4 is 11.9 Å². The van der Waals surface area contributed by atoms with Crippen molar-refractivity contribution in [3.8, 4) is 5.75 Å². The number of amides is 1. The van der Waals surface area contributed by atoms with E-state index in [1.807, 2.05) is 0 Å². The molecule has 1 aliphatic rings. The van der Waals surface area contributed by atoms with Crippen LogP contribution in [0.15, 0.2) is 30.9 Å². The van der Waals surface area contributed by atoms with Crippen LogP contribution in [0.1, 0.15) is 28.8 Å². The van der Waals surface area contributed by atoms with Gasteiger partial charge in [-0.1, -0.05) is 6.08 Å². The number of carbonyl (C=O) groups excluding carboxylic acids is 1. The molecule has 1 fully saturated rings. The van der Waals surface area contributed by atoms with Crippen molar-refractivity contribution < 1.29 is 19.4 Å². The maximum absolute atomic E-state index is 12.2. The van der Waals surface area contributed by atoms with Gasteiger partial charge in [0.15, 0.2) is 0 Å². The minimum absolute atomic E-state index is 0.0531. The molecule has 1 aliphatic carbocycles. The zero-order valence-electron chi connectivity index (χ0n) is 12.0. The molecule has 1 aromatic carbocycles. The Morgan fingerprint density at radius 3 is 2.76 bits per heavy atom. The molecule has 112 valence electrons. The summed E-state index contributed by atoms with van der Waals surface area (Å²) in [6, 6.07) is 4.25. The summed E-state index contributed by atoms with van der Waals surface area (Å²) in [6.45, 7) is 3.68. The first-order chi connectivity index (χ1) is 10.1. The molecule has 1 atom stereocenters. The van der Waals surface area contributed by atoms with Crippen molar-refractivity contribution in [2.24, 2.45) is 5.92 Å². The van der Waals surface area contributed by atoms with Crippen molar-refractivity contribution in [2.45, 2.75) is 25.3 Å². The Kier molecular flexibility index (Phi) is 4.62. The van der Waals surface area contributed by atoms with E-state index in [1.54, 1.807) is 31.4 Å². The lowest BCUT2D eigenvalue weighted by molar-refractivity contribution is -0.139. The van der Waals surface area contributed by atoms with Crippen LogP contribution >= 0.6 is 0 Å².